The SMILES string of the molecule is CC(C)N(C)c1nc(-c2ccc(F)cc2F)nc(N2CCN(c3ncccc3C(F)(F)F)CC2)n1. The van der Waals surface area contributed by atoms with E-state index in [1.807, 2.05) is 13.8 Å². The van der Waals surface area contributed by atoms with Crippen molar-refractivity contribution in [3.05, 3.63) is 53.7 Å². The van der Waals surface area contributed by atoms with E-state index in [0.29, 0.717) is 19.0 Å². The second-order valence-electron chi connectivity index (χ2n) is 8.43. The summed E-state index contributed by atoms with van der Waals surface area (Å²) in [6, 6.07) is 5.44. The molecule has 3 aromatic rings. The number of aromatic nitrogens is 4. The van der Waals surface area contributed by atoms with E-state index < -0.39 is 23.4 Å². The molecule has 2 aromatic heterocycles. The fourth-order valence-electron chi connectivity index (χ4n) is 3.66. The van der Waals surface area contributed by atoms with Crippen molar-refractivity contribution >= 4 is 17.7 Å². The molecule has 1 aliphatic rings. The highest BCUT2D eigenvalue weighted by Gasteiger charge is 2.36. The van der Waals surface area contributed by atoms with Crippen LogP contribution >= 0.6 is 0 Å². The number of anilines is 3. The minimum Gasteiger partial charge on any atom is -0.353 e. The van der Waals surface area contributed by atoms with Crippen LogP contribution in [0.15, 0.2) is 36.5 Å². The largest absolute Gasteiger partial charge is 0.419 e. The molecule has 1 saturated heterocycles. The second-order valence-corrected chi connectivity index (χ2v) is 8.43. The third-order valence-electron chi connectivity index (χ3n) is 5.83. The molecule has 0 atom stereocenters. The minimum absolute atomic E-state index is 0.0235. The van der Waals surface area contributed by atoms with Crippen LogP contribution in [0.3, 0.4) is 0 Å². The Kier molecular flexibility index (Phi) is 6.73. The van der Waals surface area contributed by atoms with Crippen LogP contribution in [0.5, 0.6) is 0 Å². The number of pyridine rings is 1. The van der Waals surface area contributed by atoms with Crippen LogP contribution in [0.4, 0.5) is 39.7 Å². The van der Waals surface area contributed by atoms with Gasteiger partial charge < -0.3 is 14.7 Å². The van der Waals surface area contributed by atoms with Crippen LogP contribution in [-0.4, -0.2) is 59.2 Å². The standard InChI is InChI=1S/C23H24F5N7/c1-14(2)33(3)21-30-19(16-7-6-15(24)13-18(16)25)31-22(32-21)35-11-9-34(10-12-35)20-17(23(26,27)28)5-4-8-29-20/h4-8,13-14H,9-12H2,1-3H3. The summed E-state index contributed by atoms with van der Waals surface area (Å²) < 4.78 is 68.2. The van der Waals surface area contributed by atoms with Gasteiger partial charge in [-0.3, -0.25) is 0 Å². The molecule has 7 nitrogen and oxygen atoms in total. The summed E-state index contributed by atoms with van der Waals surface area (Å²) >= 11 is 0. The topological polar surface area (TPSA) is 61.3 Å². The fourth-order valence-corrected chi connectivity index (χ4v) is 3.66. The summed E-state index contributed by atoms with van der Waals surface area (Å²) in [5.74, 6) is -1.04. The van der Waals surface area contributed by atoms with E-state index in [1.54, 1.807) is 21.7 Å². The van der Waals surface area contributed by atoms with E-state index in [2.05, 4.69) is 19.9 Å². The normalized spacial score (nSPS) is 14.5. The number of nitrogens with zero attached hydrogens (tertiary/aromatic N) is 7. The molecule has 35 heavy (non-hydrogen) atoms. The van der Waals surface area contributed by atoms with Crippen molar-refractivity contribution in [1.82, 2.24) is 19.9 Å². The van der Waals surface area contributed by atoms with Gasteiger partial charge in [-0.25, -0.2) is 13.8 Å². The molecule has 1 fully saturated rings. The molecule has 0 amide bonds. The molecule has 4 rings (SSSR count). The fraction of sp³-hybridized carbons (Fsp3) is 0.391. The quantitative estimate of drug-likeness (QED) is 0.489. The smallest absolute Gasteiger partial charge is 0.353 e. The summed E-state index contributed by atoms with van der Waals surface area (Å²) in [5.41, 5.74) is -0.765. The molecular formula is C23H24F5N7. The van der Waals surface area contributed by atoms with Crippen LogP contribution in [0, 0.1) is 11.6 Å². The second kappa shape index (κ2) is 9.59. The van der Waals surface area contributed by atoms with Gasteiger partial charge in [0, 0.05) is 51.5 Å². The molecule has 0 radical (unpaired) electrons. The average Bonchev–Trinajstić information content (AvgIpc) is 2.83. The van der Waals surface area contributed by atoms with Crippen LogP contribution < -0.4 is 14.7 Å². The third kappa shape index (κ3) is 5.25. The van der Waals surface area contributed by atoms with E-state index in [1.165, 1.54) is 18.3 Å². The van der Waals surface area contributed by atoms with Gasteiger partial charge in [-0.2, -0.15) is 28.1 Å². The molecule has 0 unspecified atom stereocenters. The summed E-state index contributed by atoms with van der Waals surface area (Å²) in [6.07, 6.45) is -3.18. The minimum atomic E-state index is -4.51. The number of piperazine rings is 1. The Balaban J connectivity index is 1.64. The third-order valence-corrected chi connectivity index (χ3v) is 5.83. The maximum Gasteiger partial charge on any atom is 0.419 e. The van der Waals surface area contributed by atoms with Crippen LogP contribution in [-0.2, 0) is 6.18 Å². The van der Waals surface area contributed by atoms with Crippen molar-refractivity contribution in [3.8, 4) is 11.4 Å². The van der Waals surface area contributed by atoms with E-state index in [9.17, 15) is 22.0 Å². The lowest BCUT2D eigenvalue weighted by atomic mass is 10.2. The number of benzene rings is 1. The predicted octanol–water partition coefficient (Wildman–Crippen LogP) is 4.40. The highest BCUT2D eigenvalue weighted by molar-refractivity contribution is 5.60. The lowest BCUT2D eigenvalue weighted by molar-refractivity contribution is -0.137. The lowest BCUT2D eigenvalue weighted by Crippen LogP contribution is -2.48. The Hall–Kier alpha value is -3.57. The maximum absolute atomic E-state index is 14.5. The molecule has 0 saturated carbocycles. The van der Waals surface area contributed by atoms with Crippen LogP contribution in [0.2, 0.25) is 0 Å². The van der Waals surface area contributed by atoms with E-state index in [4.69, 9.17) is 0 Å². The van der Waals surface area contributed by atoms with Gasteiger partial charge in [-0.05, 0) is 38.1 Å². The van der Waals surface area contributed by atoms with Crippen molar-refractivity contribution in [2.24, 2.45) is 0 Å². The van der Waals surface area contributed by atoms with Gasteiger partial charge in [0.05, 0.1) is 11.1 Å². The molecule has 0 spiro atoms. The summed E-state index contributed by atoms with van der Waals surface area (Å²) in [7, 11) is 1.78. The molecule has 186 valence electrons. The van der Waals surface area contributed by atoms with Crippen LogP contribution in [0.25, 0.3) is 11.4 Å². The first-order valence-corrected chi connectivity index (χ1v) is 11.0. The van der Waals surface area contributed by atoms with Gasteiger partial charge in [0.1, 0.15) is 17.5 Å². The molecule has 0 N–H and O–H groups in total. The van der Waals surface area contributed by atoms with Crippen molar-refractivity contribution in [1.29, 1.82) is 0 Å². The van der Waals surface area contributed by atoms with Gasteiger partial charge >= 0.3 is 6.18 Å². The van der Waals surface area contributed by atoms with E-state index in [-0.39, 0.29) is 42.3 Å². The number of rotatable bonds is 5. The molecule has 1 aromatic carbocycles. The first-order chi connectivity index (χ1) is 16.5. The summed E-state index contributed by atoms with van der Waals surface area (Å²) in [6.45, 7) is 5.00. The number of halogens is 5. The van der Waals surface area contributed by atoms with E-state index >= 15 is 0 Å². The average molecular weight is 493 g/mol. The zero-order chi connectivity index (χ0) is 25.3. The number of hydrogen-bond acceptors (Lipinski definition) is 7. The Bertz CT molecular complexity index is 1190. The Morgan fingerprint density at radius 1 is 0.943 bits per heavy atom. The van der Waals surface area contributed by atoms with Crippen molar-refractivity contribution in [2.45, 2.75) is 26.1 Å². The monoisotopic (exact) mass is 493 g/mol. The first kappa shape index (κ1) is 24.6. The number of alkyl halides is 3. The van der Waals surface area contributed by atoms with Gasteiger partial charge in [-0.15, -0.1) is 0 Å². The summed E-state index contributed by atoms with van der Waals surface area (Å²) in [5, 5.41) is 0. The molecular weight excluding hydrogens is 469 g/mol. The maximum atomic E-state index is 14.5. The van der Waals surface area contributed by atoms with Crippen LogP contribution in [0.1, 0.15) is 19.4 Å². The molecule has 3 heterocycles. The summed E-state index contributed by atoms with van der Waals surface area (Å²) in [4.78, 5) is 22.4. The molecule has 0 bridgehead atoms. The Labute approximate surface area is 199 Å². The molecule has 12 heteroatoms. The first-order valence-electron chi connectivity index (χ1n) is 11.0. The van der Waals surface area contributed by atoms with Crippen molar-refractivity contribution in [3.63, 3.8) is 0 Å². The van der Waals surface area contributed by atoms with Crippen molar-refractivity contribution in [2.75, 3.05) is 47.9 Å². The molecule has 0 aliphatic carbocycles. The zero-order valence-corrected chi connectivity index (χ0v) is 19.4. The Morgan fingerprint density at radius 3 is 2.26 bits per heavy atom. The van der Waals surface area contributed by atoms with Gasteiger partial charge in [0.15, 0.2) is 5.82 Å². The molecule has 1 aliphatic heterocycles. The lowest BCUT2D eigenvalue weighted by Gasteiger charge is -2.36. The van der Waals surface area contributed by atoms with Gasteiger partial charge in [-0.1, -0.05) is 0 Å². The van der Waals surface area contributed by atoms with Gasteiger partial charge in [0.2, 0.25) is 11.9 Å². The predicted molar refractivity (Wildman–Crippen MR) is 122 cm³/mol. The van der Waals surface area contributed by atoms with Crippen molar-refractivity contribution < 1.29 is 22.0 Å². The zero-order valence-electron chi connectivity index (χ0n) is 19.4. The Morgan fingerprint density at radius 2 is 1.63 bits per heavy atom. The highest BCUT2D eigenvalue weighted by atomic mass is 19.4. The highest BCUT2D eigenvalue weighted by Crippen LogP contribution is 2.35. The number of hydrogen-bond donors (Lipinski definition) is 0. The van der Waals surface area contributed by atoms with E-state index in [0.717, 1.165) is 18.2 Å². The van der Waals surface area contributed by atoms with Gasteiger partial charge in [0.25, 0.3) is 0 Å².